The third kappa shape index (κ3) is 4.30. The fraction of sp³-hybridized carbons (Fsp3) is 0.429. The van der Waals surface area contributed by atoms with E-state index < -0.39 is 11.2 Å². The van der Waals surface area contributed by atoms with Gasteiger partial charge in [0.05, 0.1) is 12.3 Å². The number of rotatable bonds is 6. The summed E-state index contributed by atoms with van der Waals surface area (Å²) in [5.41, 5.74) is 0.366. The molecule has 0 radical (unpaired) electrons. The second-order valence-electron chi connectivity index (χ2n) is 7.82. The maximum absolute atomic E-state index is 13.3. The molecule has 0 aliphatic heterocycles. The summed E-state index contributed by atoms with van der Waals surface area (Å²) in [6.45, 7) is 0.261. The van der Waals surface area contributed by atoms with Gasteiger partial charge in [0.1, 0.15) is 5.82 Å². The van der Waals surface area contributed by atoms with E-state index >= 15 is 0 Å². The molecule has 1 amide bonds. The normalized spacial score (nSPS) is 14.4. The van der Waals surface area contributed by atoms with Crippen molar-refractivity contribution in [2.24, 2.45) is 14.1 Å². The first-order chi connectivity index (χ1) is 14.8. The molecular formula is C21H24FN5O3S. The molecule has 10 heteroatoms. The summed E-state index contributed by atoms with van der Waals surface area (Å²) in [7, 11) is 2.97. The lowest BCUT2D eigenvalue weighted by atomic mass is 10.2. The molecule has 1 saturated carbocycles. The molecule has 1 aromatic carbocycles. The number of carbonyl (C=O) groups is 1. The van der Waals surface area contributed by atoms with Crippen molar-refractivity contribution in [3.05, 3.63) is 56.5 Å². The molecule has 0 atom stereocenters. The van der Waals surface area contributed by atoms with Crippen molar-refractivity contribution < 1.29 is 9.18 Å². The number of fused-ring (bicyclic) bond motifs is 1. The molecule has 0 unspecified atom stereocenters. The van der Waals surface area contributed by atoms with Gasteiger partial charge in [0.15, 0.2) is 16.3 Å². The fourth-order valence-corrected chi connectivity index (χ4v) is 4.73. The standard InChI is InChI=1S/C21H24FN5O3S/c1-25-18-17(19(29)26(2)21(25)30)27(11-13-7-9-14(22)10-8-13)20(24-18)31-12-16(28)23-15-5-3-4-6-15/h7-10,15H,3-6,11-12H2,1-2H3,(H,23,28). The van der Waals surface area contributed by atoms with Crippen LogP contribution in [0.3, 0.4) is 0 Å². The predicted molar refractivity (Wildman–Crippen MR) is 117 cm³/mol. The van der Waals surface area contributed by atoms with Gasteiger partial charge in [-0.25, -0.2) is 14.2 Å². The molecule has 2 heterocycles. The first-order valence-electron chi connectivity index (χ1n) is 10.2. The minimum absolute atomic E-state index is 0.0842. The molecule has 31 heavy (non-hydrogen) atoms. The Kier molecular flexibility index (Phi) is 5.99. The van der Waals surface area contributed by atoms with Crippen LogP contribution in [0, 0.1) is 5.82 Å². The lowest BCUT2D eigenvalue weighted by Crippen LogP contribution is -2.37. The molecule has 0 spiro atoms. The average Bonchev–Trinajstić information content (AvgIpc) is 3.39. The summed E-state index contributed by atoms with van der Waals surface area (Å²) >= 11 is 1.22. The number of hydrogen-bond donors (Lipinski definition) is 1. The van der Waals surface area contributed by atoms with Gasteiger partial charge in [-0.1, -0.05) is 36.7 Å². The van der Waals surface area contributed by atoms with Crippen LogP contribution in [-0.4, -0.2) is 36.4 Å². The molecule has 0 bridgehead atoms. The lowest BCUT2D eigenvalue weighted by Gasteiger charge is -2.12. The minimum atomic E-state index is -0.473. The number of aromatic nitrogens is 4. The molecule has 1 aliphatic carbocycles. The van der Waals surface area contributed by atoms with Crippen LogP contribution in [0.15, 0.2) is 39.0 Å². The first kappa shape index (κ1) is 21.4. The Labute approximate surface area is 182 Å². The quantitative estimate of drug-likeness (QED) is 0.584. The van der Waals surface area contributed by atoms with E-state index in [0.29, 0.717) is 5.16 Å². The summed E-state index contributed by atoms with van der Waals surface area (Å²) in [5.74, 6) is -0.285. The summed E-state index contributed by atoms with van der Waals surface area (Å²) < 4.78 is 17.4. The molecule has 1 aliphatic rings. The van der Waals surface area contributed by atoms with Crippen LogP contribution in [0.2, 0.25) is 0 Å². The second-order valence-corrected chi connectivity index (χ2v) is 8.77. The van der Waals surface area contributed by atoms with Gasteiger partial charge in [0, 0.05) is 20.1 Å². The van der Waals surface area contributed by atoms with Gasteiger partial charge in [0.2, 0.25) is 5.91 Å². The topological polar surface area (TPSA) is 90.9 Å². The summed E-state index contributed by atoms with van der Waals surface area (Å²) in [4.78, 5) is 42.2. The van der Waals surface area contributed by atoms with Gasteiger partial charge >= 0.3 is 5.69 Å². The van der Waals surface area contributed by atoms with E-state index in [1.165, 1.54) is 35.5 Å². The Balaban J connectivity index is 1.70. The zero-order valence-electron chi connectivity index (χ0n) is 17.4. The number of imidazole rings is 1. The van der Waals surface area contributed by atoms with Crippen LogP contribution in [-0.2, 0) is 25.4 Å². The van der Waals surface area contributed by atoms with Crippen molar-refractivity contribution in [1.82, 2.24) is 24.0 Å². The van der Waals surface area contributed by atoms with E-state index in [2.05, 4.69) is 10.3 Å². The van der Waals surface area contributed by atoms with Crippen LogP contribution in [0.1, 0.15) is 31.2 Å². The first-order valence-corrected chi connectivity index (χ1v) is 11.2. The number of carbonyl (C=O) groups excluding carboxylic acids is 1. The number of aryl methyl sites for hydroxylation is 1. The number of hydrogen-bond acceptors (Lipinski definition) is 5. The Morgan fingerprint density at radius 1 is 1.16 bits per heavy atom. The second kappa shape index (κ2) is 8.70. The van der Waals surface area contributed by atoms with Crippen molar-refractivity contribution in [1.29, 1.82) is 0 Å². The number of nitrogens with zero attached hydrogens (tertiary/aromatic N) is 4. The highest BCUT2D eigenvalue weighted by atomic mass is 32.2. The van der Waals surface area contributed by atoms with Crippen molar-refractivity contribution in [3.63, 3.8) is 0 Å². The van der Waals surface area contributed by atoms with Gasteiger partial charge in [-0.15, -0.1) is 0 Å². The lowest BCUT2D eigenvalue weighted by molar-refractivity contribution is -0.119. The average molecular weight is 446 g/mol. The third-order valence-corrected chi connectivity index (χ3v) is 6.60. The number of thioether (sulfide) groups is 1. The number of nitrogens with one attached hydrogen (secondary N) is 1. The molecule has 3 aromatic rings. The van der Waals surface area contributed by atoms with E-state index in [9.17, 15) is 18.8 Å². The fourth-order valence-electron chi connectivity index (χ4n) is 3.93. The van der Waals surface area contributed by atoms with Crippen LogP contribution in [0.25, 0.3) is 11.2 Å². The smallest absolute Gasteiger partial charge is 0.332 e. The van der Waals surface area contributed by atoms with Crippen LogP contribution >= 0.6 is 11.8 Å². The highest BCUT2D eigenvalue weighted by Gasteiger charge is 2.22. The maximum atomic E-state index is 13.3. The summed E-state index contributed by atoms with van der Waals surface area (Å²) in [5, 5.41) is 3.50. The molecule has 2 aromatic heterocycles. The highest BCUT2D eigenvalue weighted by Crippen LogP contribution is 2.24. The Hall–Kier alpha value is -2.88. The predicted octanol–water partition coefficient (Wildman–Crippen LogP) is 1.77. The van der Waals surface area contributed by atoms with E-state index in [0.717, 1.165) is 35.8 Å². The number of benzene rings is 1. The van der Waals surface area contributed by atoms with Crippen molar-refractivity contribution in [2.45, 2.75) is 43.4 Å². The van der Waals surface area contributed by atoms with E-state index in [1.807, 2.05) is 0 Å². The van der Waals surface area contributed by atoms with Gasteiger partial charge in [-0.05, 0) is 30.5 Å². The van der Waals surface area contributed by atoms with Crippen LogP contribution < -0.4 is 16.6 Å². The summed E-state index contributed by atoms with van der Waals surface area (Å²) in [6, 6.07) is 6.19. The van der Waals surface area contributed by atoms with Crippen LogP contribution in [0.5, 0.6) is 0 Å². The van der Waals surface area contributed by atoms with Crippen molar-refractivity contribution in [2.75, 3.05) is 5.75 Å². The largest absolute Gasteiger partial charge is 0.353 e. The molecule has 4 rings (SSSR count). The van der Waals surface area contributed by atoms with Crippen molar-refractivity contribution >= 4 is 28.8 Å². The molecule has 1 fully saturated rings. The van der Waals surface area contributed by atoms with Crippen molar-refractivity contribution in [3.8, 4) is 0 Å². The molecule has 8 nitrogen and oxygen atoms in total. The molecule has 164 valence electrons. The molecule has 1 N–H and O–H groups in total. The third-order valence-electron chi connectivity index (χ3n) is 5.62. The van der Waals surface area contributed by atoms with E-state index in [4.69, 9.17) is 0 Å². The number of halogens is 1. The molecular weight excluding hydrogens is 421 g/mol. The van der Waals surface area contributed by atoms with Gasteiger partial charge < -0.3 is 9.88 Å². The van der Waals surface area contributed by atoms with Gasteiger partial charge in [0.25, 0.3) is 5.56 Å². The Bertz CT molecular complexity index is 1240. The van der Waals surface area contributed by atoms with Gasteiger partial charge in [-0.2, -0.15) is 0 Å². The minimum Gasteiger partial charge on any atom is -0.353 e. The molecule has 0 saturated heterocycles. The van der Waals surface area contributed by atoms with Gasteiger partial charge in [-0.3, -0.25) is 18.7 Å². The summed E-state index contributed by atoms with van der Waals surface area (Å²) in [6.07, 6.45) is 4.25. The SMILES string of the molecule is Cn1c(=O)c2c(nc(SCC(=O)NC3CCCC3)n2Cc2ccc(F)cc2)n(C)c1=O. The number of amides is 1. The zero-order valence-corrected chi connectivity index (χ0v) is 18.2. The maximum Gasteiger partial charge on any atom is 0.332 e. The van der Waals surface area contributed by atoms with E-state index in [1.54, 1.807) is 23.7 Å². The Morgan fingerprint density at radius 3 is 2.52 bits per heavy atom. The van der Waals surface area contributed by atoms with E-state index in [-0.39, 0.29) is 41.2 Å². The zero-order chi connectivity index (χ0) is 22.1. The highest BCUT2D eigenvalue weighted by molar-refractivity contribution is 7.99. The monoisotopic (exact) mass is 445 g/mol. The Morgan fingerprint density at radius 2 is 1.84 bits per heavy atom. The van der Waals surface area contributed by atoms with Crippen LogP contribution in [0.4, 0.5) is 4.39 Å².